The third-order valence-corrected chi connectivity index (χ3v) is 8.52. The SMILES string of the molecule is CC(=O)NC[C@@H]1[C@H](N)C[C@H](c2ccncc2Nc2ncc3ccc(-c4c(F)cc(C5(O)COC5)cc4F)nn23)C[C@@H]1C. The molecule has 4 aromatic rings. The summed E-state index contributed by atoms with van der Waals surface area (Å²) in [6.07, 6.45) is 6.70. The van der Waals surface area contributed by atoms with Gasteiger partial charge in [-0.1, -0.05) is 6.92 Å². The number of nitrogens with one attached hydrogen (secondary N) is 2. The molecular formula is C30H33F2N7O3. The Morgan fingerprint density at radius 3 is 2.62 bits per heavy atom. The van der Waals surface area contributed by atoms with Crippen molar-refractivity contribution in [3.8, 4) is 11.3 Å². The lowest BCUT2D eigenvalue weighted by Crippen LogP contribution is -2.46. The number of carbonyl (C=O) groups excluding carboxylic acids is 1. The zero-order valence-corrected chi connectivity index (χ0v) is 23.3. The molecule has 6 rings (SSSR count). The van der Waals surface area contributed by atoms with Crippen LogP contribution < -0.4 is 16.4 Å². The molecule has 220 valence electrons. The zero-order chi connectivity index (χ0) is 29.6. The first-order chi connectivity index (χ1) is 20.1. The minimum atomic E-state index is -1.40. The standard InChI is InChI=1S/C30H33F2N7O3/c1-16-7-18(8-25(33)22(16)12-35-17(2)40)21-5-6-34-13-27(21)37-29-36-11-20-3-4-26(38-39(20)29)28-23(31)9-19(10-24(28)32)30(41)14-42-15-30/h3-6,9-11,13,16,18,22,25,41H,7-8,12,14-15,33H2,1-2H3,(H,35,40)(H,36,37)/t16-,18+,22-,25+/m0/s1. The first-order valence-corrected chi connectivity index (χ1v) is 14.0. The van der Waals surface area contributed by atoms with Crippen LogP contribution in [0.5, 0.6) is 0 Å². The van der Waals surface area contributed by atoms with E-state index in [9.17, 15) is 9.90 Å². The highest BCUT2D eigenvalue weighted by molar-refractivity contribution is 5.72. The molecular weight excluding hydrogens is 544 g/mol. The number of aromatic nitrogens is 4. The summed E-state index contributed by atoms with van der Waals surface area (Å²) < 4.78 is 36.9. The number of nitrogens with two attached hydrogens (primary N) is 1. The molecule has 10 nitrogen and oxygen atoms in total. The molecule has 2 aliphatic rings. The van der Waals surface area contributed by atoms with Gasteiger partial charge in [0, 0.05) is 25.7 Å². The van der Waals surface area contributed by atoms with Crippen LogP contribution in [0.2, 0.25) is 0 Å². The maximum Gasteiger partial charge on any atom is 0.229 e. The summed E-state index contributed by atoms with van der Waals surface area (Å²) in [5, 5.41) is 21.2. The number of fused-ring (bicyclic) bond motifs is 1. The van der Waals surface area contributed by atoms with Crippen LogP contribution in [0.4, 0.5) is 20.4 Å². The first kappa shape index (κ1) is 28.1. The fourth-order valence-corrected chi connectivity index (χ4v) is 6.15. The van der Waals surface area contributed by atoms with E-state index in [1.165, 1.54) is 17.5 Å². The van der Waals surface area contributed by atoms with Crippen LogP contribution in [-0.2, 0) is 15.1 Å². The van der Waals surface area contributed by atoms with Crippen molar-refractivity contribution in [3.05, 3.63) is 71.7 Å². The number of ether oxygens (including phenoxy) is 1. The van der Waals surface area contributed by atoms with E-state index in [4.69, 9.17) is 10.5 Å². The fourth-order valence-electron chi connectivity index (χ4n) is 6.15. The number of rotatable bonds is 7. The lowest BCUT2D eigenvalue weighted by Gasteiger charge is -2.39. The molecule has 0 spiro atoms. The maximum atomic E-state index is 15.2. The molecule has 1 aliphatic heterocycles. The van der Waals surface area contributed by atoms with E-state index in [2.05, 4.69) is 32.6 Å². The van der Waals surface area contributed by atoms with Crippen molar-refractivity contribution >= 4 is 23.1 Å². The second-order valence-electron chi connectivity index (χ2n) is 11.5. The van der Waals surface area contributed by atoms with Crippen LogP contribution >= 0.6 is 0 Å². The van der Waals surface area contributed by atoms with Gasteiger partial charge in [-0.3, -0.25) is 9.78 Å². The third kappa shape index (κ3) is 5.21. The highest BCUT2D eigenvalue weighted by atomic mass is 19.1. The number of imidazole rings is 1. The molecule has 4 atom stereocenters. The Bertz CT molecular complexity index is 1610. The first-order valence-electron chi connectivity index (χ1n) is 14.0. The lowest BCUT2D eigenvalue weighted by molar-refractivity contribution is -0.184. The molecule has 0 bridgehead atoms. The van der Waals surface area contributed by atoms with E-state index in [-0.39, 0.29) is 59.7 Å². The largest absolute Gasteiger partial charge is 0.380 e. The Hall–Kier alpha value is -4.00. The number of carbonyl (C=O) groups is 1. The van der Waals surface area contributed by atoms with E-state index < -0.39 is 17.2 Å². The molecule has 12 heteroatoms. The van der Waals surface area contributed by atoms with Crippen molar-refractivity contribution in [1.29, 1.82) is 0 Å². The summed E-state index contributed by atoms with van der Waals surface area (Å²) in [5.41, 5.74) is 7.48. The van der Waals surface area contributed by atoms with Crippen molar-refractivity contribution in [2.24, 2.45) is 17.6 Å². The molecule has 5 N–H and O–H groups in total. The van der Waals surface area contributed by atoms with Gasteiger partial charge in [0.15, 0.2) is 0 Å². The quantitative estimate of drug-likeness (QED) is 0.261. The summed E-state index contributed by atoms with van der Waals surface area (Å²) in [6.45, 7) is 4.19. The Kier molecular flexibility index (Phi) is 7.37. The van der Waals surface area contributed by atoms with E-state index in [0.717, 1.165) is 36.2 Å². The average Bonchev–Trinajstić information content (AvgIpc) is 3.32. The minimum absolute atomic E-state index is 0.0147. The normalized spacial score (nSPS) is 23.4. The summed E-state index contributed by atoms with van der Waals surface area (Å²) in [5.74, 6) is -0.746. The number of nitrogens with zero attached hydrogens (tertiary/aromatic N) is 4. The predicted molar refractivity (Wildman–Crippen MR) is 152 cm³/mol. The van der Waals surface area contributed by atoms with Crippen LogP contribution in [0.1, 0.15) is 43.7 Å². The molecule has 42 heavy (non-hydrogen) atoms. The molecule has 1 aromatic carbocycles. The summed E-state index contributed by atoms with van der Waals surface area (Å²) in [7, 11) is 0. The highest BCUT2D eigenvalue weighted by Crippen LogP contribution is 2.41. The molecule has 1 saturated carbocycles. The van der Waals surface area contributed by atoms with Crippen LogP contribution in [-0.4, -0.2) is 56.4 Å². The van der Waals surface area contributed by atoms with Gasteiger partial charge < -0.3 is 26.2 Å². The Balaban J connectivity index is 1.28. The van der Waals surface area contributed by atoms with Gasteiger partial charge in [0.1, 0.15) is 17.2 Å². The molecule has 1 aliphatic carbocycles. The Morgan fingerprint density at radius 2 is 1.95 bits per heavy atom. The lowest BCUT2D eigenvalue weighted by atomic mass is 9.70. The molecule has 2 fully saturated rings. The average molecular weight is 578 g/mol. The number of anilines is 2. The summed E-state index contributed by atoms with van der Waals surface area (Å²) in [4.78, 5) is 20.2. The van der Waals surface area contributed by atoms with Crippen molar-refractivity contribution in [2.45, 2.75) is 44.2 Å². The minimum Gasteiger partial charge on any atom is -0.380 e. The summed E-state index contributed by atoms with van der Waals surface area (Å²) >= 11 is 0. The Labute approximate surface area is 241 Å². The van der Waals surface area contributed by atoms with Crippen LogP contribution in [0.15, 0.2) is 48.9 Å². The van der Waals surface area contributed by atoms with Gasteiger partial charge in [0.05, 0.1) is 48.1 Å². The fraction of sp³-hybridized carbons (Fsp3) is 0.400. The second kappa shape index (κ2) is 11.0. The number of benzene rings is 1. The van der Waals surface area contributed by atoms with Crippen molar-refractivity contribution in [2.75, 3.05) is 25.1 Å². The molecule has 4 heterocycles. The monoisotopic (exact) mass is 577 g/mol. The molecule has 1 saturated heterocycles. The van der Waals surface area contributed by atoms with Gasteiger partial charge in [-0.05, 0) is 72.1 Å². The van der Waals surface area contributed by atoms with E-state index in [0.29, 0.717) is 18.0 Å². The van der Waals surface area contributed by atoms with Crippen LogP contribution in [0.25, 0.3) is 16.8 Å². The number of halogens is 2. The van der Waals surface area contributed by atoms with E-state index in [1.807, 2.05) is 6.07 Å². The van der Waals surface area contributed by atoms with Crippen LogP contribution in [0.3, 0.4) is 0 Å². The number of pyridine rings is 1. The maximum absolute atomic E-state index is 15.2. The number of amides is 1. The second-order valence-corrected chi connectivity index (χ2v) is 11.5. The number of hydrogen-bond donors (Lipinski definition) is 4. The molecule has 1 amide bonds. The zero-order valence-electron chi connectivity index (χ0n) is 23.3. The van der Waals surface area contributed by atoms with Gasteiger partial charge in [-0.2, -0.15) is 9.61 Å². The van der Waals surface area contributed by atoms with E-state index in [1.54, 1.807) is 24.7 Å². The molecule has 3 aromatic heterocycles. The van der Waals surface area contributed by atoms with Gasteiger partial charge in [0.2, 0.25) is 11.9 Å². The van der Waals surface area contributed by atoms with Crippen molar-refractivity contribution < 1.29 is 23.4 Å². The Morgan fingerprint density at radius 1 is 1.19 bits per heavy atom. The van der Waals surface area contributed by atoms with E-state index >= 15 is 8.78 Å². The predicted octanol–water partition coefficient (Wildman–Crippen LogP) is 3.62. The van der Waals surface area contributed by atoms with Gasteiger partial charge in [0.25, 0.3) is 0 Å². The van der Waals surface area contributed by atoms with Gasteiger partial charge >= 0.3 is 0 Å². The highest BCUT2D eigenvalue weighted by Gasteiger charge is 2.39. The van der Waals surface area contributed by atoms with Gasteiger partial charge in [-0.15, -0.1) is 0 Å². The summed E-state index contributed by atoms with van der Waals surface area (Å²) in [6, 6.07) is 7.33. The van der Waals surface area contributed by atoms with Crippen molar-refractivity contribution in [3.63, 3.8) is 0 Å². The topological polar surface area (TPSA) is 140 Å². The third-order valence-electron chi connectivity index (χ3n) is 8.52. The van der Waals surface area contributed by atoms with Crippen molar-refractivity contribution in [1.82, 2.24) is 24.9 Å². The molecule has 0 unspecified atom stereocenters. The smallest absolute Gasteiger partial charge is 0.229 e. The number of aliphatic hydroxyl groups is 1. The van der Waals surface area contributed by atoms with Crippen LogP contribution in [0, 0.1) is 23.5 Å². The van der Waals surface area contributed by atoms with Gasteiger partial charge in [-0.25, -0.2) is 13.8 Å². The molecule has 0 radical (unpaired) electrons. The number of hydrogen-bond acceptors (Lipinski definition) is 8.